The van der Waals surface area contributed by atoms with E-state index in [-0.39, 0.29) is 23.6 Å². The molecule has 148 valence electrons. The van der Waals surface area contributed by atoms with Crippen LogP contribution in [0.25, 0.3) is 0 Å². The number of anilines is 1. The van der Waals surface area contributed by atoms with Crippen LogP contribution < -0.4 is 9.64 Å². The standard InChI is InChI=1S/C19H18Cl2N2O3S2/c1-26-16-4-2-12(3-5-16)9-27-19-22-17-10-28(24,25)11-18(17)23(19)15-7-13(20)6-14(21)8-15/h2-8,17-18H,9-11H2,1H3/t17-,18+/m0/s1. The molecule has 0 amide bonds. The van der Waals surface area contributed by atoms with Gasteiger partial charge in [-0.15, -0.1) is 0 Å². The molecule has 1 fully saturated rings. The number of hydrogen-bond acceptors (Lipinski definition) is 6. The van der Waals surface area contributed by atoms with Crippen LogP contribution in [0.4, 0.5) is 5.69 Å². The number of rotatable bonds is 4. The first kappa shape index (κ1) is 19.9. The van der Waals surface area contributed by atoms with Crippen molar-refractivity contribution in [2.24, 2.45) is 4.99 Å². The van der Waals surface area contributed by atoms with Crippen molar-refractivity contribution in [3.05, 3.63) is 58.1 Å². The highest BCUT2D eigenvalue weighted by molar-refractivity contribution is 8.13. The van der Waals surface area contributed by atoms with Crippen LogP contribution in [0.5, 0.6) is 5.75 Å². The zero-order chi connectivity index (χ0) is 19.9. The van der Waals surface area contributed by atoms with Gasteiger partial charge in [0.1, 0.15) is 5.75 Å². The van der Waals surface area contributed by atoms with Crippen molar-refractivity contribution in [3.63, 3.8) is 0 Å². The average molecular weight is 457 g/mol. The summed E-state index contributed by atoms with van der Waals surface area (Å²) in [4.78, 5) is 6.70. The highest BCUT2D eigenvalue weighted by atomic mass is 35.5. The van der Waals surface area contributed by atoms with Gasteiger partial charge in [-0.1, -0.05) is 47.1 Å². The minimum absolute atomic E-state index is 0.0784. The summed E-state index contributed by atoms with van der Waals surface area (Å²) in [6.07, 6.45) is 0. The molecule has 2 aromatic carbocycles. The van der Waals surface area contributed by atoms with Gasteiger partial charge in [-0.3, -0.25) is 4.99 Å². The van der Waals surface area contributed by atoms with E-state index >= 15 is 0 Å². The lowest BCUT2D eigenvalue weighted by atomic mass is 10.1. The predicted octanol–water partition coefficient (Wildman–Crippen LogP) is 4.28. The van der Waals surface area contributed by atoms with Crippen LogP contribution in [-0.4, -0.2) is 44.3 Å². The first-order valence-corrected chi connectivity index (χ1v) is 12.2. The van der Waals surface area contributed by atoms with Crippen molar-refractivity contribution in [2.45, 2.75) is 17.8 Å². The van der Waals surface area contributed by atoms with E-state index in [1.54, 1.807) is 37.1 Å². The number of sulfone groups is 1. The quantitative estimate of drug-likeness (QED) is 0.686. The van der Waals surface area contributed by atoms with Crippen molar-refractivity contribution in [3.8, 4) is 5.75 Å². The summed E-state index contributed by atoms with van der Waals surface area (Å²) in [5, 5.41) is 1.80. The highest BCUT2D eigenvalue weighted by Crippen LogP contribution is 2.38. The number of hydrogen-bond donors (Lipinski definition) is 0. The van der Waals surface area contributed by atoms with Crippen molar-refractivity contribution in [2.75, 3.05) is 23.5 Å². The Morgan fingerprint density at radius 1 is 1.14 bits per heavy atom. The number of methoxy groups -OCH3 is 1. The second-order valence-electron chi connectivity index (χ2n) is 6.76. The number of benzene rings is 2. The van der Waals surface area contributed by atoms with E-state index in [0.29, 0.717) is 15.8 Å². The predicted molar refractivity (Wildman–Crippen MR) is 117 cm³/mol. The first-order chi connectivity index (χ1) is 13.3. The number of aliphatic imine (C=N–C) groups is 1. The SMILES string of the molecule is COc1ccc(CSC2=N[C@H]3CS(=O)(=O)C[C@H]3N2c2cc(Cl)cc(Cl)c2)cc1. The zero-order valence-electron chi connectivity index (χ0n) is 15.0. The van der Waals surface area contributed by atoms with Gasteiger partial charge in [-0.05, 0) is 35.9 Å². The molecule has 2 atom stereocenters. The molecule has 28 heavy (non-hydrogen) atoms. The molecule has 0 N–H and O–H groups in total. The number of halogens is 2. The Kier molecular flexibility index (Phi) is 5.53. The Balaban J connectivity index is 1.61. The molecule has 2 aliphatic heterocycles. The molecule has 0 unspecified atom stereocenters. The highest BCUT2D eigenvalue weighted by Gasteiger charge is 2.47. The summed E-state index contributed by atoms with van der Waals surface area (Å²) >= 11 is 14.0. The average Bonchev–Trinajstić information content (AvgIpc) is 3.10. The van der Waals surface area contributed by atoms with E-state index in [1.807, 2.05) is 29.2 Å². The molecule has 9 heteroatoms. The van der Waals surface area contributed by atoms with Gasteiger partial charge in [0.05, 0.1) is 30.7 Å². The maximum absolute atomic E-state index is 12.1. The van der Waals surface area contributed by atoms with Gasteiger partial charge in [0.2, 0.25) is 0 Å². The fourth-order valence-corrected chi connectivity index (χ4v) is 6.92. The van der Waals surface area contributed by atoms with Crippen molar-refractivity contribution in [1.29, 1.82) is 0 Å². The summed E-state index contributed by atoms with van der Waals surface area (Å²) in [7, 11) is -1.47. The number of fused-ring (bicyclic) bond motifs is 1. The van der Waals surface area contributed by atoms with E-state index < -0.39 is 9.84 Å². The van der Waals surface area contributed by atoms with Crippen LogP contribution in [-0.2, 0) is 15.6 Å². The number of thioether (sulfide) groups is 1. The van der Waals surface area contributed by atoms with Gasteiger partial charge in [0, 0.05) is 21.5 Å². The lowest BCUT2D eigenvalue weighted by Gasteiger charge is -2.27. The van der Waals surface area contributed by atoms with E-state index in [9.17, 15) is 8.42 Å². The molecule has 0 aliphatic carbocycles. The molecule has 2 heterocycles. The van der Waals surface area contributed by atoms with E-state index in [4.69, 9.17) is 32.9 Å². The lowest BCUT2D eigenvalue weighted by Crippen LogP contribution is -2.39. The number of amidine groups is 1. The molecule has 2 aliphatic rings. The summed E-state index contributed by atoms with van der Waals surface area (Å²) < 4.78 is 29.5. The third kappa shape index (κ3) is 4.13. The molecular weight excluding hydrogens is 439 g/mol. The molecule has 0 aromatic heterocycles. The third-order valence-electron chi connectivity index (χ3n) is 4.76. The topological polar surface area (TPSA) is 59.0 Å². The molecule has 0 saturated carbocycles. The normalized spacial score (nSPS) is 22.8. The molecule has 4 rings (SSSR count). The van der Waals surface area contributed by atoms with E-state index in [0.717, 1.165) is 22.2 Å². The number of ether oxygens (including phenoxy) is 1. The van der Waals surface area contributed by atoms with E-state index in [1.165, 1.54) is 0 Å². The van der Waals surface area contributed by atoms with Crippen molar-refractivity contribution >= 4 is 55.7 Å². The lowest BCUT2D eigenvalue weighted by molar-refractivity contribution is 0.414. The van der Waals surface area contributed by atoms with Gasteiger partial charge in [-0.2, -0.15) is 0 Å². The zero-order valence-corrected chi connectivity index (χ0v) is 18.2. The Bertz CT molecular complexity index is 1010. The van der Waals surface area contributed by atoms with E-state index in [2.05, 4.69) is 0 Å². The van der Waals surface area contributed by atoms with Crippen LogP contribution in [0.3, 0.4) is 0 Å². The second kappa shape index (κ2) is 7.78. The minimum atomic E-state index is -3.10. The van der Waals surface area contributed by atoms with Crippen LogP contribution in [0.1, 0.15) is 5.56 Å². The molecule has 2 aromatic rings. The van der Waals surface area contributed by atoms with Gasteiger partial charge in [-0.25, -0.2) is 8.42 Å². The summed E-state index contributed by atoms with van der Waals surface area (Å²) in [6, 6.07) is 12.6. The molecule has 5 nitrogen and oxygen atoms in total. The first-order valence-electron chi connectivity index (χ1n) is 8.64. The fraction of sp³-hybridized carbons (Fsp3) is 0.316. The molecule has 0 bridgehead atoms. The third-order valence-corrected chi connectivity index (χ3v) is 7.93. The van der Waals surface area contributed by atoms with Crippen LogP contribution in [0, 0.1) is 0 Å². The summed E-state index contributed by atoms with van der Waals surface area (Å²) in [5.41, 5.74) is 1.89. The molecular formula is C19H18Cl2N2O3S2. The van der Waals surface area contributed by atoms with Gasteiger partial charge >= 0.3 is 0 Å². The second-order valence-corrected chi connectivity index (χ2v) is 10.7. The fourth-order valence-electron chi connectivity index (χ4n) is 3.48. The Morgan fingerprint density at radius 3 is 2.46 bits per heavy atom. The molecule has 0 spiro atoms. The number of nitrogens with zero attached hydrogens (tertiary/aromatic N) is 2. The maximum Gasteiger partial charge on any atom is 0.164 e. The van der Waals surface area contributed by atoms with Crippen molar-refractivity contribution in [1.82, 2.24) is 0 Å². The smallest absolute Gasteiger partial charge is 0.164 e. The summed E-state index contributed by atoms with van der Waals surface area (Å²) in [5.74, 6) is 1.68. The van der Waals surface area contributed by atoms with Crippen LogP contribution >= 0.6 is 35.0 Å². The van der Waals surface area contributed by atoms with Crippen LogP contribution in [0.15, 0.2) is 47.5 Å². The van der Waals surface area contributed by atoms with Gasteiger partial charge < -0.3 is 9.64 Å². The monoisotopic (exact) mass is 456 g/mol. The largest absolute Gasteiger partial charge is 0.497 e. The van der Waals surface area contributed by atoms with Crippen molar-refractivity contribution < 1.29 is 13.2 Å². The molecule has 0 radical (unpaired) electrons. The minimum Gasteiger partial charge on any atom is -0.497 e. The van der Waals surface area contributed by atoms with Gasteiger partial charge in [0.25, 0.3) is 0 Å². The van der Waals surface area contributed by atoms with Gasteiger partial charge in [0.15, 0.2) is 15.0 Å². The Hall–Kier alpha value is -1.41. The van der Waals surface area contributed by atoms with Crippen LogP contribution in [0.2, 0.25) is 10.0 Å². The maximum atomic E-state index is 12.1. The Morgan fingerprint density at radius 2 is 1.82 bits per heavy atom. The molecule has 1 saturated heterocycles. The Labute approximate surface area is 178 Å². The summed E-state index contributed by atoms with van der Waals surface area (Å²) in [6.45, 7) is 0.